The number of benzene rings is 1. The number of halogens is 1. The number of para-hydroxylation sites is 1. The van der Waals surface area contributed by atoms with Crippen LogP contribution in [0.2, 0.25) is 0 Å². The molecule has 0 spiro atoms. The summed E-state index contributed by atoms with van der Waals surface area (Å²) in [5.41, 5.74) is 0.203. The van der Waals surface area contributed by atoms with Crippen molar-refractivity contribution in [1.29, 1.82) is 0 Å². The second-order valence-electron chi connectivity index (χ2n) is 6.99. The lowest BCUT2D eigenvalue weighted by Crippen LogP contribution is -2.43. The summed E-state index contributed by atoms with van der Waals surface area (Å²) < 4.78 is 20.4. The van der Waals surface area contributed by atoms with Gasteiger partial charge in [0.05, 0.1) is 12.8 Å². The number of carbonyl (C=O) groups excluding carboxylic acids is 1. The SMILES string of the molecule is CCc1nc2sc(N3CCCC3C(=O)NCc3ccccc3OC)nn2c(=O)c1F. The van der Waals surface area contributed by atoms with Crippen molar-refractivity contribution in [2.45, 2.75) is 38.8 Å². The van der Waals surface area contributed by atoms with Crippen molar-refractivity contribution >= 4 is 27.3 Å². The first-order valence-electron chi connectivity index (χ1n) is 9.78. The summed E-state index contributed by atoms with van der Waals surface area (Å²) in [5.74, 6) is -0.288. The minimum Gasteiger partial charge on any atom is -0.496 e. The van der Waals surface area contributed by atoms with E-state index < -0.39 is 17.4 Å². The van der Waals surface area contributed by atoms with Crippen molar-refractivity contribution in [1.82, 2.24) is 19.9 Å². The Kier molecular flexibility index (Phi) is 5.67. The topological polar surface area (TPSA) is 88.8 Å². The predicted molar refractivity (Wildman–Crippen MR) is 112 cm³/mol. The van der Waals surface area contributed by atoms with Crippen LogP contribution < -0.4 is 20.5 Å². The maximum atomic E-state index is 14.1. The Bertz CT molecular complexity index is 1150. The lowest BCUT2D eigenvalue weighted by molar-refractivity contribution is -0.122. The van der Waals surface area contributed by atoms with Gasteiger partial charge in [0.2, 0.25) is 21.8 Å². The predicted octanol–water partition coefficient (Wildman–Crippen LogP) is 2.15. The molecule has 0 saturated carbocycles. The van der Waals surface area contributed by atoms with Gasteiger partial charge >= 0.3 is 5.56 Å². The highest BCUT2D eigenvalue weighted by Gasteiger charge is 2.33. The molecule has 1 saturated heterocycles. The number of hydrogen-bond acceptors (Lipinski definition) is 7. The number of nitrogens with zero attached hydrogens (tertiary/aromatic N) is 4. The highest BCUT2D eigenvalue weighted by molar-refractivity contribution is 7.20. The normalized spacial score (nSPS) is 16.2. The van der Waals surface area contributed by atoms with Crippen molar-refractivity contribution in [2.75, 3.05) is 18.6 Å². The molecule has 3 heterocycles. The number of aromatic nitrogens is 3. The van der Waals surface area contributed by atoms with Gasteiger partial charge in [0, 0.05) is 18.7 Å². The Hall–Kier alpha value is -3.01. The van der Waals surface area contributed by atoms with E-state index in [1.807, 2.05) is 29.2 Å². The van der Waals surface area contributed by atoms with Crippen LogP contribution in [0.3, 0.4) is 0 Å². The summed E-state index contributed by atoms with van der Waals surface area (Å²) in [7, 11) is 1.59. The first-order valence-corrected chi connectivity index (χ1v) is 10.6. The van der Waals surface area contributed by atoms with Gasteiger partial charge in [-0.25, -0.2) is 4.98 Å². The Labute approximate surface area is 176 Å². The third-order valence-corrected chi connectivity index (χ3v) is 6.14. The van der Waals surface area contributed by atoms with Gasteiger partial charge in [-0.15, -0.1) is 5.10 Å². The third kappa shape index (κ3) is 3.62. The number of ether oxygens (including phenoxy) is 1. The van der Waals surface area contributed by atoms with E-state index in [1.165, 1.54) is 11.3 Å². The van der Waals surface area contributed by atoms with Crippen molar-refractivity contribution in [3.05, 3.63) is 51.7 Å². The molecule has 2 aromatic heterocycles. The molecule has 10 heteroatoms. The van der Waals surface area contributed by atoms with E-state index in [2.05, 4.69) is 15.4 Å². The van der Waals surface area contributed by atoms with Gasteiger partial charge in [-0.2, -0.15) is 8.91 Å². The molecule has 158 valence electrons. The van der Waals surface area contributed by atoms with Crippen LogP contribution in [0.5, 0.6) is 5.75 Å². The van der Waals surface area contributed by atoms with Crippen LogP contribution in [-0.4, -0.2) is 40.2 Å². The monoisotopic (exact) mass is 431 g/mol. The molecule has 1 atom stereocenters. The molecule has 1 N–H and O–H groups in total. The highest BCUT2D eigenvalue weighted by Crippen LogP contribution is 2.29. The number of aryl methyl sites for hydroxylation is 1. The molecule has 1 unspecified atom stereocenters. The fourth-order valence-electron chi connectivity index (χ4n) is 3.62. The first-order chi connectivity index (χ1) is 14.5. The number of methoxy groups -OCH3 is 1. The number of carbonyl (C=O) groups is 1. The maximum Gasteiger partial charge on any atom is 0.311 e. The van der Waals surface area contributed by atoms with Crippen LogP contribution in [0.25, 0.3) is 4.96 Å². The van der Waals surface area contributed by atoms with Crippen molar-refractivity contribution in [2.24, 2.45) is 0 Å². The van der Waals surface area contributed by atoms with Gasteiger partial charge in [0.1, 0.15) is 11.8 Å². The number of hydrogen-bond donors (Lipinski definition) is 1. The molecule has 30 heavy (non-hydrogen) atoms. The summed E-state index contributed by atoms with van der Waals surface area (Å²) in [6.45, 7) is 2.72. The largest absolute Gasteiger partial charge is 0.496 e. The Morgan fingerprint density at radius 3 is 2.97 bits per heavy atom. The van der Waals surface area contributed by atoms with Gasteiger partial charge in [-0.3, -0.25) is 9.59 Å². The van der Waals surface area contributed by atoms with Crippen molar-refractivity contribution < 1.29 is 13.9 Å². The van der Waals surface area contributed by atoms with E-state index in [0.29, 0.717) is 41.8 Å². The molecule has 0 aliphatic carbocycles. The molecular weight excluding hydrogens is 409 g/mol. The van der Waals surface area contributed by atoms with E-state index >= 15 is 0 Å². The number of anilines is 1. The fraction of sp³-hybridized carbons (Fsp3) is 0.400. The van der Waals surface area contributed by atoms with E-state index in [9.17, 15) is 14.0 Å². The van der Waals surface area contributed by atoms with Crippen LogP contribution in [0.1, 0.15) is 31.0 Å². The average Bonchev–Trinajstić information content (AvgIpc) is 3.41. The lowest BCUT2D eigenvalue weighted by Gasteiger charge is -2.22. The third-order valence-electron chi connectivity index (χ3n) is 5.20. The number of nitrogens with one attached hydrogen (secondary N) is 1. The van der Waals surface area contributed by atoms with Gasteiger partial charge in [0.25, 0.3) is 0 Å². The van der Waals surface area contributed by atoms with Gasteiger partial charge < -0.3 is 15.0 Å². The van der Waals surface area contributed by atoms with E-state index in [4.69, 9.17) is 4.74 Å². The Morgan fingerprint density at radius 1 is 1.40 bits per heavy atom. The second kappa shape index (κ2) is 8.39. The van der Waals surface area contributed by atoms with Gasteiger partial charge in [-0.05, 0) is 25.3 Å². The summed E-state index contributed by atoms with van der Waals surface area (Å²) in [6.07, 6.45) is 1.81. The highest BCUT2D eigenvalue weighted by atomic mass is 32.1. The summed E-state index contributed by atoms with van der Waals surface area (Å²) >= 11 is 1.19. The van der Waals surface area contributed by atoms with Crippen LogP contribution in [-0.2, 0) is 17.8 Å². The summed E-state index contributed by atoms with van der Waals surface area (Å²) in [4.78, 5) is 31.5. The molecule has 1 aliphatic rings. The number of amides is 1. The zero-order valence-electron chi connectivity index (χ0n) is 16.7. The van der Waals surface area contributed by atoms with Crippen molar-refractivity contribution in [3.8, 4) is 5.75 Å². The molecule has 0 radical (unpaired) electrons. The molecule has 0 bridgehead atoms. The Balaban J connectivity index is 1.55. The van der Waals surface area contributed by atoms with Crippen LogP contribution >= 0.6 is 11.3 Å². The Morgan fingerprint density at radius 2 is 2.20 bits per heavy atom. The quantitative estimate of drug-likeness (QED) is 0.643. The zero-order valence-corrected chi connectivity index (χ0v) is 17.5. The standard InChI is InChI=1S/C20H22FN5O3S/c1-3-13-16(21)18(28)26-19(23-13)30-20(24-26)25-10-6-8-14(25)17(27)22-11-12-7-4-5-9-15(12)29-2/h4-5,7,9,14H,3,6,8,10-11H2,1-2H3,(H,22,27). The molecule has 1 fully saturated rings. The number of rotatable bonds is 6. The molecule has 8 nitrogen and oxygen atoms in total. The number of fused-ring (bicyclic) bond motifs is 1. The van der Waals surface area contributed by atoms with Crippen molar-refractivity contribution in [3.63, 3.8) is 0 Å². The minimum atomic E-state index is -0.876. The zero-order chi connectivity index (χ0) is 21.3. The van der Waals surface area contributed by atoms with Crippen LogP contribution in [0.15, 0.2) is 29.1 Å². The maximum absolute atomic E-state index is 14.1. The van der Waals surface area contributed by atoms with Gasteiger partial charge in [-0.1, -0.05) is 36.5 Å². The average molecular weight is 431 g/mol. The molecule has 3 aromatic rings. The van der Waals surface area contributed by atoms with Crippen LogP contribution in [0.4, 0.5) is 9.52 Å². The minimum absolute atomic E-state index is 0.126. The van der Waals surface area contributed by atoms with Gasteiger partial charge in [0.15, 0.2) is 0 Å². The lowest BCUT2D eigenvalue weighted by atomic mass is 10.1. The molecule has 1 aromatic carbocycles. The summed E-state index contributed by atoms with van der Waals surface area (Å²) in [6, 6.07) is 7.10. The molecular formula is C20H22FN5O3S. The van der Waals surface area contributed by atoms with E-state index in [1.54, 1.807) is 14.0 Å². The fourth-order valence-corrected chi connectivity index (χ4v) is 4.61. The van der Waals surface area contributed by atoms with Crippen LogP contribution in [0, 0.1) is 5.82 Å². The summed E-state index contributed by atoms with van der Waals surface area (Å²) in [5, 5.41) is 7.70. The first kappa shape index (κ1) is 20.3. The molecule has 1 aliphatic heterocycles. The smallest absolute Gasteiger partial charge is 0.311 e. The van der Waals surface area contributed by atoms with E-state index in [0.717, 1.165) is 16.5 Å². The van der Waals surface area contributed by atoms with E-state index in [-0.39, 0.29) is 11.6 Å². The second-order valence-corrected chi connectivity index (χ2v) is 7.93. The molecule has 1 amide bonds. The molecule has 4 rings (SSSR count).